The van der Waals surface area contributed by atoms with Gasteiger partial charge in [0.05, 0.1) is 18.8 Å². The number of hydrogen-bond acceptors (Lipinski definition) is 4. The summed E-state index contributed by atoms with van der Waals surface area (Å²) in [7, 11) is 1.60. The molecular weight excluding hydrogens is 260 g/mol. The molecule has 0 spiro atoms. The van der Waals surface area contributed by atoms with Crippen molar-refractivity contribution in [3.8, 4) is 0 Å². The first-order chi connectivity index (χ1) is 9.15. The fourth-order valence-electron chi connectivity index (χ4n) is 2.05. The minimum atomic E-state index is -0.490. The zero-order chi connectivity index (χ0) is 15.4. The maximum atomic E-state index is 12.0. The number of nitrogens with zero attached hydrogens (tertiary/aromatic N) is 1. The van der Waals surface area contributed by atoms with Crippen molar-refractivity contribution in [1.29, 1.82) is 0 Å². The zero-order valence-corrected chi connectivity index (χ0v) is 13.1. The first-order valence-electron chi connectivity index (χ1n) is 6.98. The highest BCUT2D eigenvalue weighted by atomic mass is 16.6. The quantitative estimate of drug-likeness (QED) is 0.851. The number of rotatable bonds is 4. The third-order valence-corrected chi connectivity index (χ3v) is 3.15. The van der Waals surface area contributed by atoms with Gasteiger partial charge in [-0.05, 0) is 34.1 Å². The summed E-state index contributed by atoms with van der Waals surface area (Å²) in [4.78, 5) is 24.8. The fraction of sp³-hybridized carbons (Fsp3) is 0.857. The van der Waals surface area contributed by atoms with E-state index < -0.39 is 11.2 Å². The Labute approximate surface area is 120 Å². The van der Waals surface area contributed by atoms with Crippen LogP contribution in [0.2, 0.25) is 0 Å². The third-order valence-electron chi connectivity index (χ3n) is 3.15. The van der Waals surface area contributed by atoms with Crippen LogP contribution in [0.4, 0.5) is 4.79 Å². The van der Waals surface area contributed by atoms with Gasteiger partial charge in [0.25, 0.3) is 0 Å². The van der Waals surface area contributed by atoms with E-state index >= 15 is 0 Å². The molecule has 1 aliphatic heterocycles. The minimum absolute atomic E-state index is 0.0457. The summed E-state index contributed by atoms with van der Waals surface area (Å²) < 4.78 is 11.1. The standard InChI is InChI=1S/C14H26N2O4/c1-13(2,3)20-12(18)16-8-7-14(4,10-16)19-9-6-11(17)15-5/h6-10H2,1-5H3,(H,15,17). The van der Waals surface area contributed by atoms with Gasteiger partial charge < -0.3 is 19.7 Å². The second kappa shape index (κ2) is 6.43. The highest BCUT2D eigenvalue weighted by Gasteiger charge is 2.38. The van der Waals surface area contributed by atoms with E-state index in [4.69, 9.17) is 9.47 Å². The van der Waals surface area contributed by atoms with Crippen LogP contribution in [0.5, 0.6) is 0 Å². The van der Waals surface area contributed by atoms with Gasteiger partial charge in [0.15, 0.2) is 0 Å². The van der Waals surface area contributed by atoms with Crippen LogP contribution < -0.4 is 5.32 Å². The molecule has 2 amide bonds. The molecule has 0 bridgehead atoms. The average Bonchev–Trinajstić information content (AvgIpc) is 2.70. The Bertz CT molecular complexity index is 365. The van der Waals surface area contributed by atoms with E-state index in [1.165, 1.54) is 0 Å². The van der Waals surface area contributed by atoms with Crippen LogP contribution in [0.25, 0.3) is 0 Å². The monoisotopic (exact) mass is 286 g/mol. The molecular formula is C14H26N2O4. The van der Waals surface area contributed by atoms with Crippen LogP contribution in [0, 0.1) is 0 Å². The van der Waals surface area contributed by atoms with E-state index in [2.05, 4.69) is 5.32 Å². The van der Waals surface area contributed by atoms with Crippen LogP contribution in [-0.2, 0) is 14.3 Å². The van der Waals surface area contributed by atoms with E-state index in [-0.39, 0.29) is 12.0 Å². The van der Waals surface area contributed by atoms with Crippen LogP contribution in [0.1, 0.15) is 40.5 Å². The number of likely N-dealkylation sites (tertiary alicyclic amines) is 1. The molecule has 1 saturated heterocycles. The van der Waals surface area contributed by atoms with Crippen molar-refractivity contribution in [1.82, 2.24) is 10.2 Å². The van der Waals surface area contributed by atoms with E-state index in [9.17, 15) is 9.59 Å². The van der Waals surface area contributed by atoms with Crippen LogP contribution in [-0.4, -0.2) is 54.8 Å². The number of carbonyl (C=O) groups excluding carboxylic acids is 2. The molecule has 1 unspecified atom stereocenters. The molecule has 0 aromatic carbocycles. The summed E-state index contributed by atoms with van der Waals surface area (Å²) in [6.45, 7) is 8.97. The Hall–Kier alpha value is -1.30. The first kappa shape index (κ1) is 16.8. The molecule has 0 aliphatic carbocycles. The topological polar surface area (TPSA) is 67.9 Å². The summed E-state index contributed by atoms with van der Waals surface area (Å²) >= 11 is 0. The Balaban J connectivity index is 2.41. The van der Waals surface area contributed by atoms with Crippen molar-refractivity contribution >= 4 is 12.0 Å². The molecule has 1 N–H and O–H groups in total. The Morgan fingerprint density at radius 1 is 1.35 bits per heavy atom. The van der Waals surface area contributed by atoms with E-state index in [0.717, 1.165) is 6.42 Å². The van der Waals surface area contributed by atoms with Crippen molar-refractivity contribution in [2.45, 2.75) is 51.7 Å². The van der Waals surface area contributed by atoms with Crippen LogP contribution >= 0.6 is 0 Å². The average molecular weight is 286 g/mol. The molecule has 1 rings (SSSR count). The van der Waals surface area contributed by atoms with Gasteiger partial charge in [-0.2, -0.15) is 0 Å². The molecule has 0 aromatic heterocycles. The molecule has 0 radical (unpaired) electrons. The number of nitrogens with one attached hydrogen (secondary N) is 1. The van der Waals surface area contributed by atoms with E-state index in [0.29, 0.717) is 26.1 Å². The summed E-state index contributed by atoms with van der Waals surface area (Å²) in [5.41, 5.74) is -0.888. The number of carbonyl (C=O) groups is 2. The van der Waals surface area contributed by atoms with Crippen molar-refractivity contribution in [3.05, 3.63) is 0 Å². The van der Waals surface area contributed by atoms with Crippen LogP contribution in [0.3, 0.4) is 0 Å². The highest BCUT2D eigenvalue weighted by molar-refractivity contribution is 5.75. The minimum Gasteiger partial charge on any atom is -0.444 e. The number of amides is 2. The van der Waals surface area contributed by atoms with Gasteiger partial charge >= 0.3 is 6.09 Å². The maximum Gasteiger partial charge on any atom is 0.410 e. The van der Waals surface area contributed by atoms with Gasteiger partial charge in [-0.15, -0.1) is 0 Å². The second-order valence-corrected chi connectivity index (χ2v) is 6.37. The lowest BCUT2D eigenvalue weighted by Crippen LogP contribution is -2.39. The molecule has 1 aliphatic rings. The summed E-state index contributed by atoms with van der Waals surface area (Å²) in [5, 5.41) is 2.55. The van der Waals surface area contributed by atoms with Gasteiger partial charge in [0.2, 0.25) is 5.91 Å². The summed E-state index contributed by atoms with van der Waals surface area (Å²) in [5.74, 6) is -0.0457. The van der Waals surface area contributed by atoms with E-state index in [1.807, 2.05) is 27.7 Å². The normalized spacial score (nSPS) is 22.8. The van der Waals surface area contributed by atoms with E-state index in [1.54, 1.807) is 11.9 Å². The maximum absolute atomic E-state index is 12.0. The molecule has 0 aromatic rings. The molecule has 1 heterocycles. The fourth-order valence-corrected chi connectivity index (χ4v) is 2.05. The molecule has 6 nitrogen and oxygen atoms in total. The molecule has 1 fully saturated rings. The van der Waals surface area contributed by atoms with Crippen molar-refractivity contribution in [3.63, 3.8) is 0 Å². The van der Waals surface area contributed by atoms with Crippen molar-refractivity contribution in [2.24, 2.45) is 0 Å². The predicted octanol–water partition coefficient (Wildman–Crippen LogP) is 1.54. The molecule has 20 heavy (non-hydrogen) atoms. The number of ether oxygens (including phenoxy) is 2. The Morgan fingerprint density at radius 2 is 2.00 bits per heavy atom. The molecule has 6 heteroatoms. The van der Waals surface area contributed by atoms with Gasteiger partial charge in [0, 0.05) is 20.0 Å². The van der Waals surface area contributed by atoms with Gasteiger partial charge in [-0.25, -0.2) is 4.79 Å². The number of hydrogen-bond donors (Lipinski definition) is 1. The van der Waals surface area contributed by atoms with Crippen LogP contribution in [0.15, 0.2) is 0 Å². The van der Waals surface area contributed by atoms with Gasteiger partial charge in [-0.3, -0.25) is 4.79 Å². The Kier molecular flexibility index (Phi) is 5.39. The SMILES string of the molecule is CNC(=O)CCOC1(C)CCN(C(=O)OC(C)(C)C)C1. The predicted molar refractivity (Wildman–Crippen MR) is 75.5 cm³/mol. The lowest BCUT2D eigenvalue weighted by atomic mass is 10.1. The Morgan fingerprint density at radius 3 is 2.55 bits per heavy atom. The lowest BCUT2D eigenvalue weighted by molar-refractivity contribution is -0.123. The summed E-state index contributed by atoms with van der Waals surface area (Å²) in [6, 6.07) is 0. The molecule has 1 atom stereocenters. The summed E-state index contributed by atoms with van der Waals surface area (Å²) in [6.07, 6.45) is 0.773. The van der Waals surface area contributed by atoms with Crippen molar-refractivity contribution < 1.29 is 19.1 Å². The molecule has 0 saturated carbocycles. The third kappa shape index (κ3) is 5.36. The zero-order valence-electron chi connectivity index (χ0n) is 13.1. The molecule has 116 valence electrons. The lowest BCUT2D eigenvalue weighted by Gasteiger charge is -2.27. The van der Waals surface area contributed by atoms with Crippen molar-refractivity contribution in [2.75, 3.05) is 26.7 Å². The smallest absolute Gasteiger partial charge is 0.410 e. The van der Waals surface area contributed by atoms with Gasteiger partial charge in [-0.1, -0.05) is 0 Å². The van der Waals surface area contributed by atoms with Gasteiger partial charge in [0.1, 0.15) is 5.60 Å². The first-order valence-corrected chi connectivity index (χ1v) is 6.98. The largest absolute Gasteiger partial charge is 0.444 e. The second-order valence-electron chi connectivity index (χ2n) is 6.37. The highest BCUT2D eigenvalue weighted by Crippen LogP contribution is 2.26.